The number of hydrogen-bond donors (Lipinski definition) is 1. The minimum atomic E-state index is -2.80. The molecule has 0 bridgehead atoms. The van der Waals surface area contributed by atoms with E-state index >= 15 is 0 Å². The summed E-state index contributed by atoms with van der Waals surface area (Å²) in [5.74, 6) is -4.52. The molecule has 132 valence electrons. The standard InChI is InChI=1S/C14H9F5N4O2/c1-5-10(6-2-7(15)11(19)8(16)3-6)12-20-13(25-4-9(17)18)21-14(24)23(12)22-5/h2-3,9H,4H2,1H3,(H,20,21,24). The van der Waals surface area contributed by atoms with Crippen LogP contribution in [0.25, 0.3) is 16.8 Å². The van der Waals surface area contributed by atoms with Crippen molar-refractivity contribution in [2.75, 3.05) is 6.61 Å². The van der Waals surface area contributed by atoms with E-state index in [1.807, 2.05) is 0 Å². The molecule has 0 aliphatic rings. The lowest BCUT2D eigenvalue weighted by atomic mass is 10.1. The molecule has 2 aromatic heterocycles. The van der Waals surface area contributed by atoms with Crippen molar-refractivity contribution >= 4 is 5.65 Å². The number of ether oxygens (including phenoxy) is 1. The van der Waals surface area contributed by atoms with Gasteiger partial charge in [0.15, 0.2) is 29.7 Å². The van der Waals surface area contributed by atoms with Crippen LogP contribution in [0.15, 0.2) is 16.9 Å². The SMILES string of the molecule is Cc1nn2c(=O)[nH]c(OCC(F)F)nc2c1-c1cc(F)c(F)c(F)c1. The maximum atomic E-state index is 13.5. The van der Waals surface area contributed by atoms with Crippen LogP contribution < -0.4 is 10.4 Å². The number of nitrogens with zero attached hydrogens (tertiary/aromatic N) is 3. The summed E-state index contributed by atoms with van der Waals surface area (Å²) in [6, 6.07) is 0.915. The molecule has 0 saturated heterocycles. The highest BCUT2D eigenvalue weighted by atomic mass is 19.3. The average Bonchev–Trinajstić information content (AvgIpc) is 2.87. The Bertz CT molecular complexity index is 991. The van der Waals surface area contributed by atoms with E-state index in [9.17, 15) is 26.7 Å². The molecule has 0 amide bonds. The van der Waals surface area contributed by atoms with Gasteiger partial charge >= 0.3 is 5.69 Å². The predicted octanol–water partition coefficient (Wildman–Crippen LogP) is 2.45. The Morgan fingerprint density at radius 2 is 1.88 bits per heavy atom. The largest absolute Gasteiger partial charge is 0.459 e. The number of fused-ring (bicyclic) bond motifs is 1. The Labute approximate surface area is 135 Å². The summed E-state index contributed by atoms with van der Waals surface area (Å²) in [5.41, 5.74) is -0.968. The lowest BCUT2D eigenvalue weighted by Crippen LogP contribution is -2.21. The van der Waals surface area contributed by atoms with Gasteiger partial charge in [0.25, 0.3) is 12.4 Å². The van der Waals surface area contributed by atoms with Gasteiger partial charge in [-0.05, 0) is 24.6 Å². The van der Waals surface area contributed by atoms with Crippen molar-refractivity contribution in [3.63, 3.8) is 0 Å². The van der Waals surface area contributed by atoms with Crippen molar-refractivity contribution in [2.24, 2.45) is 0 Å². The highest BCUT2D eigenvalue weighted by Crippen LogP contribution is 2.29. The molecule has 2 heterocycles. The summed E-state index contributed by atoms with van der Waals surface area (Å²) in [6.07, 6.45) is -2.80. The van der Waals surface area contributed by atoms with Gasteiger partial charge < -0.3 is 4.74 Å². The van der Waals surface area contributed by atoms with E-state index in [4.69, 9.17) is 0 Å². The zero-order chi connectivity index (χ0) is 18.3. The molecule has 0 fully saturated rings. The number of aryl methyl sites for hydroxylation is 1. The first-order valence-electron chi connectivity index (χ1n) is 6.83. The quantitative estimate of drug-likeness (QED) is 0.573. The molecule has 1 aromatic carbocycles. The highest BCUT2D eigenvalue weighted by Gasteiger charge is 2.20. The summed E-state index contributed by atoms with van der Waals surface area (Å²) in [6.45, 7) is 0.420. The summed E-state index contributed by atoms with van der Waals surface area (Å²) < 4.78 is 70.0. The van der Waals surface area contributed by atoms with Crippen LogP contribution >= 0.6 is 0 Å². The van der Waals surface area contributed by atoms with Crippen LogP contribution in [-0.4, -0.2) is 32.6 Å². The molecule has 6 nitrogen and oxygen atoms in total. The first-order chi connectivity index (χ1) is 11.8. The third kappa shape index (κ3) is 3.04. The molecule has 0 aliphatic heterocycles. The number of benzene rings is 1. The smallest absolute Gasteiger partial charge is 0.352 e. The first kappa shape index (κ1) is 16.9. The maximum absolute atomic E-state index is 13.5. The lowest BCUT2D eigenvalue weighted by molar-refractivity contribution is 0.0768. The second kappa shape index (κ2) is 6.15. The van der Waals surface area contributed by atoms with Crippen LogP contribution in [0.1, 0.15) is 5.69 Å². The van der Waals surface area contributed by atoms with E-state index in [0.29, 0.717) is 12.1 Å². The monoisotopic (exact) mass is 360 g/mol. The zero-order valence-electron chi connectivity index (χ0n) is 12.5. The van der Waals surface area contributed by atoms with Crippen LogP contribution in [0.2, 0.25) is 0 Å². The summed E-state index contributed by atoms with van der Waals surface area (Å²) >= 11 is 0. The Kier molecular flexibility index (Phi) is 4.15. The van der Waals surface area contributed by atoms with Gasteiger partial charge in [-0.15, -0.1) is 0 Å². The lowest BCUT2D eigenvalue weighted by Gasteiger charge is -2.05. The van der Waals surface area contributed by atoms with Crippen LogP contribution in [0.5, 0.6) is 6.01 Å². The van der Waals surface area contributed by atoms with Crippen LogP contribution in [0.3, 0.4) is 0 Å². The molecule has 0 atom stereocenters. The second-order valence-electron chi connectivity index (χ2n) is 5.00. The van der Waals surface area contributed by atoms with E-state index in [1.165, 1.54) is 6.92 Å². The predicted molar refractivity (Wildman–Crippen MR) is 75.2 cm³/mol. The van der Waals surface area contributed by atoms with Crippen LogP contribution in [0, 0.1) is 24.4 Å². The molecule has 0 spiro atoms. The number of hydrogen-bond acceptors (Lipinski definition) is 4. The van der Waals surface area contributed by atoms with Gasteiger partial charge in [0, 0.05) is 0 Å². The van der Waals surface area contributed by atoms with Gasteiger partial charge in [0.1, 0.15) is 0 Å². The molecule has 3 rings (SSSR count). The molecule has 25 heavy (non-hydrogen) atoms. The number of aromatic amines is 1. The molecule has 0 unspecified atom stereocenters. The Morgan fingerprint density at radius 1 is 1.24 bits per heavy atom. The van der Waals surface area contributed by atoms with Gasteiger partial charge in [-0.25, -0.2) is 26.7 Å². The number of alkyl halides is 2. The fourth-order valence-electron chi connectivity index (χ4n) is 2.28. The van der Waals surface area contributed by atoms with Crippen molar-refractivity contribution in [1.82, 2.24) is 19.6 Å². The Balaban J connectivity index is 2.21. The molecule has 11 heteroatoms. The molecule has 0 aliphatic carbocycles. The molecular weight excluding hydrogens is 351 g/mol. The van der Waals surface area contributed by atoms with Crippen LogP contribution in [0.4, 0.5) is 22.0 Å². The Morgan fingerprint density at radius 3 is 2.48 bits per heavy atom. The van der Waals surface area contributed by atoms with Crippen molar-refractivity contribution < 1.29 is 26.7 Å². The topological polar surface area (TPSA) is 72.3 Å². The number of aromatic nitrogens is 4. The Hall–Kier alpha value is -2.98. The van der Waals surface area contributed by atoms with Gasteiger partial charge in [-0.1, -0.05) is 0 Å². The van der Waals surface area contributed by atoms with Gasteiger partial charge in [0.05, 0.1) is 11.3 Å². The average molecular weight is 360 g/mol. The minimum absolute atomic E-state index is 0.0331. The summed E-state index contributed by atoms with van der Waals surface area (Å²) in [4.78, 5) is 17.9. The minimum Gasteiger partial charge on any atom is -0.459 e. The zero-order valence-corrected chi connectivity index (χ0v) is 12.5. The number of nitrogens with one attached hydrogen (secondary N) is 1. The summed E-state index contributed by atoms with van der Waals surface area (Å²) in [7, 11) is 0. The van der Waals surface area contributed by atoms with Gasteiger partial charge in [-0.2, -0.15) is 14.6 Å². The van der Waals surface area contributed by atoms with Crippen molar-refractivity contribution in [3.05, 3.63) is 45.8 Å². The van der Waals surface area contributed by atoms with E-state index in [0.717, 1.165) is 4.52 Å². The van der Waals surface area contributed by atoms with Crippen LogP contribution in [-0.2, 0) is 0 Å². The van der Waals surface area contributed by atoms with E-state index in [2.05, 4.69) is 19.8 Å². The highest BCUT2D eigenvalue weighted by molar-refractivity contribution is 5.79. The first-order valence-corrected chi connectivity index (χ1v) is 6.83. The van der Waals surface area contributed by atoms with E-state index in [1.54, 1.807) is 0 Å². The summed E-state index contributed by atoms with van der Waals surface area (Å²) in [5, 5.41) is 3.88. The van der Waals surface area contributed by atoms with Crippen molar-refractivity contribution in [2.45, 2.75) is 13.3 Å². The molecule has 0 radical (unpaired) electrons. The fraction of sp³-hybridized carbons (Fsp3) is 0.214. The van der Waals surface area contributed by atoms with Gasteiger partial charge in [-0.3, -0.25) is 4.98 Å². The number of halogens is 5. The third-order valence-corrected chi connectivity index (χ3v) is 3.27. The maximum Gasteiger partial charge on any atom is 0.352 e. The number of rotatable bonds is 4. The molecule has 0 saturated carbocycles. The molecular formula is C14H9F5N4O2. The van der Waals surface area contributed by atoms with Gasteiger partial charge in [0.2, 0.25) is 0 Å². The molecule has 3 aromatic rings. The second-order valence-corrected chi connectivity index (χ2v) is 5.00. The third-order valence-electron chi connectivity index (χ3n) is 3.27. The van der Waals surface area contributed by atoms with E-state index in [-0.39, 0.29) is 22.5 Å². The molecule has 1 N–H and O–H groups in total. The van der Waals surface area contributed by atoms with Crippen molar-refractivity contribution in [1.29, 1.82) is 0 Å². The normalized spacial score (nSPS) is 11.5. The fourth-order valence-corrected chi connectivity index (χ4v) is 2.28. The van der Waals surface area contributed by atoms with E-state index < -0.39 is 42.2 Å². The number of H-pyrrole nitrogens is 1. The van der Waals surface area contributed by atoms with Crippen molar-refractivity contribution in [3.8, 4) is 17.1 Å².